The van der Waals surface area contributed by atoms with Gasteiger partial charge in [0.25, 0.3) is 0 Å². The fraction of sp³-hybridized carbons (Fsp3) is 0.462. The smallest absolute Gasteiger partial charge is 0.417 e. The van der Waals surface area contributed by atoms with Crippen molar-refractivity contribution in [3.8, 4) is 17.7 Å². The Balaban J connectivity index is 1.58. The highest BCUT2D eigenvalue weighted by Crippen LogP contribution is 2.50. The van der Waals surface area contributed by atoms with Crippen LogP contribution >= 0.6 is 11.6 Å². The number of hydrogen-bond acceptors (Lipinski definition) is 5. The van der Waals surface area contributed by atoms with Crippen molar-refractivity contribution in [3.63, 3.8) is 0 Å². The van der Waals surface area contributed by atoms with Gasteiger partial charge in [-0.2, -0.15) is 18.4 Å². The number of aliphatic imine (C=N–C) groups is 1. The van der Waals surface area contributed by atoms with Crippen LogP contribution in [0.3, 0.4) is 0 Å². The van der Waals surface area contributed by atoms with Gasteiger partial charge in [0, 0.05) is 17.1 Å². The number of nitrogens with zero attached hydrogens (tertiary/aromatic N) is 3. The number of methoxy groups -OCH3 is 2. The maximum atomic E-state index is 13.3. The second kappa shape index (κ2) is 10.7. The molecule has 0 radical (unpaired) electrons. The summed E-state index contributed by atoms with van der Waals surface area (Å²) in [6.45, 7) is 0.933. The summed E-state index contributed by atoms with van der Waals surface area (Å²) in [6.07, 6.45) is 0.567. The van der Waals surface area contributed by atoms with E-state index in [0.717, 1.165) is 38.3 Å². The summed E-state index contributed by atoms with van der Waals surface area (Å²) in [7, 11) is 5.33. The first-order chi connectivity index (χ1) is 17.6. The van der Waals surface area contributed by atoms with Gasteiger partial charge in [0.05, 0.1) is 30.8 Å². The number of nitrogens with one attached hydrogen (secondary N) is 2. The Hall–Kier alpha value is -3.16. The lowest BCUT2D eigenvalue weighted by atomic mass is 9.65. The normalized spacial score (nSPS) is 24.2. The third kappa shape index (κ3) is 5.43. The first-order valence-electron chi connectivity index (χ1n) is 11.9. The van der Waals surface area contributed by atoms with E-state index in [9.17, 15) is 18.4 Å². The van der Waals surface area contributed by atoms with Gasteiger partial charge in [0.2, 0.25) is 5.96 Å². The Kier molecular flexibility index (Phi) is 7.76. The van der Waals surface area contributed by atoms with Crippen LogP contribution in [-0.2, 0) is 11.6 Å². The molecule has 1 aliphatic carbocycles. The van der Waals surface area contributed by atoms with E-state index in [1.807, 2.05) is 12.3 Å². The number of fused-ring (bicyclic) bond motifs is 1. The summed E-state index contributed by atoms with van der Waals surface area (Å²) in [5.41, 5.74) is 0.289. The van der Waals surface area contributed by atoms with Crippen LogP contribution < -0.4 is 20.1 Å². The van der Waals surface area contributed by atoms with Crippen LogP contribution in [0.4, 0.5) is 18.9 Å². The molecule has 2 aliphatic rings. The summed E-state index contributed by atoms with van der Waals surface area (Å²) >= 11 is 5.73. The average Bonchev–Trinajstić information content (AvgIpc) is 3.21. The topological polar surface area (TPSA) is 81.9 Å². The van der Waals surface area contributed by atoms with Gasteiger partial charge in [-0.25, -0.2) is 4.99 Å². The molecule has 3 unspecified atom stereocenters. The van der Waals surface area contributed by atoms with Crippen LogP contribution in [0.1, 0.15) is 36.8 Å². The largest absolute Gasteiger partial charge is 0.493 e. The highest BCUT2D eigenvalue weighted by atomic mass is 35.5. The number of likely N-dealkylation sites (N-methyl/N-ethyl adjacent to an activating group) is 1. The molecule has 7 nitrogen and oxygen atoms in total. The third-order valence-corrected chi connectivity index (χ3v) is 7.81. The molecule has 0 bridgehead atoms. The second-order valence-corrected chi connectivity index (χ2v) is 9.84. The van der Waals surface area contributed by atoms with Gasteiger partial charge < -0.3 is 19.7 Å². The first-order valence-corrected chi connectivity index (χ1v) is 12.3. The van der Waals surface area contributed by atoms with Gasteiger partial charge in [-0.1, -0.05) is 17.7 Å². The molecule has 1 heterocycles. The molecule has 198 valence electrons. The molecule has 2 N–H and O–H groups in total. The van der Waals surface area contributed by atoms with Gasteiger partial charge in [-0.3, -0.25) is 5.32 Å². The van der Waals surface area contributed by atoms with Crippen LogP contribution in [-0.4, -0.2) is 50.8 Å². The number of ether oxygens (including phenoxy) is 2. The van der Waals surface area contributed by atoms with E-state index in [0.29, 0.717) is 11.5 Å². The minimum atomic E-state index is -4.60. The summed E-state index contributed by atoms with van der Waals surface area (Å²) in [6, 6.07) is 9.65. The van der Waals surface area contributed by atoms with Gasteiger partial charge >= 0.3 is 6.18 Å². The predicted octanol–water partition coefficient (Wildman–Crippen LogP) is 5.41. The molecular weight excluding hydrogens is 507 g/mol. The summed E-state index contributed by atoms with van der Waals surface area (Å²) in [5.74, 6) is 1.47. The zero-order valence-electron chi connectivity index (χ0n) is 20.8. The Morgan fingerprint density at radius 3 is 2.59 bits per heavy atom. The maximum absolute atomic E-state index is 13.3. The standard InChI is InChI=1S/C26H29ClF3N5O2/c1-35-11-10-25(16-4-7-21(36-2)22(12-16)37-3)9-8-18(14-23(25)35)34-24(32-15-31)33-17-5-6-20(27)19(13-17)26(28,29)30/h4-7,12-13,18,23H,8-11,14H2,1-3H3,(H2,32,33,34). The molecule has 37 heavy (non-hydrogen) atoms. The number of nitriles is 1. The van der Waals surface area contributed by atoms with Crippen LogP contribution in [0.15, 0.2) is 41.4 Å². The van der Waals surface area contributed by atoms with Crippen LogP contribution in [0.25, 0.3) is 0 Å². The molecule has 1 saturated heterocycles. The lowest BCUT2D eigenvalue weighted by molar-refractivity contribution is -0.137. The molecule has 1 aliphatic heterocycles. The number of guanidine groups is 1. The molecule has 3 atom stereocenters. The minimum absolute atomic E-state index is 0.0750. The van der Waals surface area contributed by atoms with Crippen molar-refractivity contribution in [1.29, 1.82) is 5.26 Å². The number of hydrogen-bond donors (Lipinski definition) is 2. The van der Waals surface area contributed by atoms with Crippen molar-refractivity contribution < 1.29 is 22.6 Å². The molecule has 2 fully saturated rings. The van der Waals surface area contributed by atoms with Crippen LogP contribution in [0, 0.1) is 11.5 Å². The van der Waals surface area contributed by atoms with Crippen molar-refractivity contribution in [3.05, 3.63) is 52.5 Å². The zero-order chi connectivity index (χ0) is 26.8. The minimum Gasteiger partial charge on any atom is -0.493 e. The predicted molar refractivity (Wildman–Crippen MR) is 136 cm³/mol. The molecule has 0 amide bonds. The first kappa shape index (κ1) is 26.9. The number of rotatable bonds is 5. The summed E-state index contributed by atoms with van der Waals surface area (Å²) in [4.78, 5) is 7.03. The van der Waals surface area contributed by atoms with Crippen LogP contribution in [0.5, 0.6) is 11.5 Å². The van der Waals surface area contributed by atoms with Gasteiger partial charge in [-0.15, -0.1) is 0 Å². The Morgan fingerprint density at radius 1 is 1.16 bits per heavy atom. The number of halogens is 4. The summed E-state index contributed by atoms with van der Waals surface area (Å²) < 4.78 is 50.8. The second-order valence-electron chi connectivity index (χ2n) is 9.43. The Morgan fingerprint density at radius 2 is 1.92 bits per heavy atom. The number of likely N-dealkylation sites (tertiary alicyclic amines) is 1. The summed E-state index contributed by atoms with van der Waals surface area (Å²) in [5, 5.41) is 14.1. The average molecular weight is 536 g/mol. The quantitative estimate of drug-likeness (QED) is 0.231. The maximum Gasteiger partial charge on any atom is 0.417 e. The van der Waals surface area contributed by atoms with Crippen molar-refractivity contribution in [2.24, 2.45) is 4.99 Å². The Labute approximate surface area is 219 Å². The fourth-order valence-electron chi connectivity index (χ4n) is 5.65. The van der Waals surface area contributed by atoms with E-state index in [1.165, 1.54) is 17.7 Å². The molecule has 1 saturated carbocycles. The van der Waals surface area contributed by atoms with Gasteiger partial charge in [0.15, 0.2) is 17.7 Å². The number of benzene rings is 2. The monoisotopic (exact) mass is 535 g/mol. The molecule has 11 heteroatoms. The van der Waals surface area contributed by atoms with Crippen LogP contribution in [0.2, 0.25) is 5.02 Å². The van der Waals surface area contributed by atoms with Crippen molar-refractivity contribution in [1.82, 2.24) is 10.2 Å². The SMILES string of the molecule is COc1ccc(C23CCC(N=C(NC#N)Nc4ccc(Cl)c(C(F)(F)F)c4)CC2N(C)CC3)cc1OC. The van der Waals surface area contributed by atoms with E-state index in [-0.39, 0.29) is 29.1 Å². The van der Waals surface area contributed by atoms with E-state index in [2.05, 4.69) is 34.7 Å². The van der Waals surface area contributed by atoms with E-state index < -0.39 is 16.8 Å². The van der Waals surface area contributed by atoms with E-state index >= 15 is 0 Å². The molecule has 4 rings (SSSR count). The number of alkyl halides is 3. The molecule has 0 aromatic heterocycles. The molecule has 0 spiro atoms. The lowest BCUT2D eigenvalue weighted by Crippen LogP contribution is -2.47. The highest BCUT2D eigenvalue weighted by molar-refractivity contribution is 6.31. The van der Waals surface area contributed by atoms with Gasteiger partial charge in [0.1, 0.15) is 0 Å². The highest BCUT2D eigenvalue weighted by Gasteiger charge is 2.50. The fourth-order valence-corrected chi connectivity index (χ4v) is 5.87. The van der Waals surface area contributed by atoms with E-state index in [1.54, 1.807) is 14.2 Å². The van der Waals surface area contributed by atoms with Crippen molar-refractivity contribution in [2.45, 2.75) is 49.4 Å². The number of anilines is 1. The molecule has 2 aromatic rings. The molecule has 2 aromatic carbocycles. The van der Waals surface area contributed by atoms with Crippen molar-refractivity contribution in [2.75, 3.05) is 33.1 Å². The Bertz CT molecular complexity index is 1220. The van der Waals surface area contributed by atoms with Gasteiger partial charge in [-0.05, 0) is 75.2 Å². The zero-order valence-corrected chi connectivity index (χ0v) is 21.6. The van der Waals surface area contributed by atoms with E-state index in [4.69, 9.17) is 26.1 Å². The van der Waals surface area contributed by atoms with Crippen molar-refractivity contribution >= 4 is 23.2 Å². The lowest BCUT2D eigenvalue weighted by Gasteiger charge is -2.44. The molecular formula is C26H29ClF3N5O2. The third-order valence-electron chi connectivity index (χ3n) is 7.48.